The molecule has 1 aromatic heterocycles. The van der Waals surface area contributed by atoms with E-state index in [-0.39, 0.29) is 5.78 Å². The number of nitrogens with zero attached hydrogens (tertiary/aromatic N) is 1. The maximum atomic E-state index is 12.3. The molecule has 0 aliphatic carbocycles. The molecule has 0 fully saturated rings. The van der Waals surface area contributed by atoms with Crippen molar-refractivity contribution in [3.8, 4) is 0 Å². The van der Waals surface area contributed by atoms with E-state index in [1.807, 2.05) is 19.1 Å². The van der Waals surface area contributed by atoms with Gasteiger partial charge < -0.3 is 4.74 Å². The minimum absolute atomic E-state index is 0.223. The van der Waals surface area contributed by atoms with E-state index in [2.05, 4.69) is 20.9 Å². The van der Waals surface area contributed by atoms with Gasteiger partial charge in [0.15, 0.2) is 6.10 Å². The van der Waals surface area contributed by atoms with E-state index in [1.54, 1.807) is 31.3 Å². The first-order valence-electron chi connectivity index (χ1n) is 6.96. The van der Waals surface area contributed by atoms with Crippen LogP contribution in [0, 0.1) is 0 Å². The Labute approximate surface area is 137 Å². The van der Waals surface area contributed by atoms with Gasteiger partial charge in [0, 0.05) is 22.4 Å². The summed E-state index contributed by atoms with van der Waals surface area (Å²) in [4.78, 5) is 28.2. The second-order valence-electron chi connectivity index (χ2n) is 4.85. The Morgan fingerprint density at radius 3 is 2.45 bits per heavy atom. The largest absolute Gasteiger partial charge is 0.451 e. The Balaban J connectivity index is 2.05. The Morgan fingerprint density at radius 2 is 1.86 bits per heavy atom. The van der Waals surface area contributed by atoms with E-state index < -0.39 is 12.1 Å². The van der Waals surface area contributed by atoms with Gasteiger partial charge in [-0.3, -0.25) is 9.78 Å². The molecule has 0 aliphatic heterocycles. The van der Waals surface area contributed by atoms with E-state index in [9.17, 15) is 9.59 Å². The molecule has 0 spiro atoms. The third-order valence-corrected chi connectivity index (χ3v) is 3.67. The highest BCUT2D eigenvalue weighted by Crippen LogP contribution is 2.13. The normalized spacial score (nSPS) is 11.8. The molecule has 114 valence electrons. The predicted octanol–water partition coefficient (Wildman–Crippen LogP) is 3.83. The first-order valence-corrected chi connectivity index (χ1v) is 7.75. The molecule has 0 unspecified atom stereocenters. The molecule has 0 amide bonds. The number of aromatic nitrogens is 1. The molecule has 5 heteroatoms. The first kappa shape index (κ1) is 16.4. The predicted molar refractivity (Wildman–Crippen MR) is 87.0 cm³/mol. The van der Waals surface area contributed by atoms with Crippen molar-refractivity contribution in [2.75, 3.05) is 0 Å². The van der Waals surface area contributed by atoms with Crippen molar-refractivity contribution in [2.24, 2.45) is 0 Å². The van der Waals surface area contributed by atoms with Crippen LogP contribution in [0.1, 0.15) is 40.1 Å². The smallest absolute Gasteiger partial charge is 0.340 e. The summed E-state index contributed by atoms with van der Waals surface area (Å²) in [6.07, 6.45) is 3.04. The van der Waals surface area contributed by atoms with Crippen molar-refractivity contribution in [3.05, 3.63) is 63.9 Å². The fourth-order valence-corrected chi connectivity index (χ4v) is 2.31. The number of hydrogen-bond acceptors (Lipinski definition) is 4. The van der Waals surface area contributed by atoms with Crippen LogP contribution in [0.5, 0.6) is 0 Å². The van der Waals surface area contributed by atoms with Crippen molar-refractivity contribution < 1.29 is 14.3 Å². The van der Waals surface area contributed by atoms with Crippen LogP contribution in [-0.2, 0) is 11.2 Å². The maximum Gasteiger partial charge on any atom is 0.340 e. The van der Waals surface area contributed by atoms with Gasteiger partial charge in [-0.25, -0.2) is 4.79 Å². The molecule has 0 N–H and O–H groups in total. The first-order chi connectivity index (χ1) is 10.5. The zero-order valence-electron chi connectivity index (χ0n) is 12.4. The molecular weight excluding hydrogens is 346 g/mol. The number of benzene rings is 1. The third-order valence-electron chi connectivity index (χ3n) is 3.24. The van der Waals surface area contributed by atoms with E-state index in [4.69, 9.17) is 4.74 Å². The van der Waals surface area contributed by atoms with Crippen LogP contribution in [0.25, 0.3) is 0 Å². The Bertz CT molecular complexity index is 683. The number of carbonyl (C=O) groups excluding carboxylic acids is 2. The zero-order chi connectivity index (χ0) is 16.1. The average Bonchev–Trinajstić information content (AvgIpc) is 2.54. The third kappa shape index (κ3) is 4.01. The molecule has 4 nitrogen and oxygen atoms in total. The number of ketones is 1. The Morgan fingerprint density at radius 1 is 1.18 bits per heavy atom. The quantitative estimate of drug-likeness (QED) is 0.599. The highest BCUT2D eigenvalue weighted by atomic mass is 79.9. The lowest BCUT2D eigenvalue weighted by Crippen LogP contribution is -2.24. The van der Waals surface area contributed by atoms with Crippen LogP contribution < -0.4 is 0 Å². The fourth-order valence-electron chi connectivity index (χ4n) is 1.95. The van der Waals surface area contributed by atoms with E-state index >= 15 is 0 Å². The van der Waals surface area contributed by atoms with Crippen molar-refractivity contribution in [1.29, 1.82) is 0 Å². The fraction of sp³-hybridized carbons (Fsp3) is 0.235. The van der Waals surface area contributed by atoms with Gasteiger partial charge in [-0.2, -0.15) is 0 Å². The van der Waals surface area contributed by atoms with Crippen LogP contribution in [0.3, 0.4) is 0 Å². The number of esters is 1. The number of hydrogen-bond donors (Lipinski definition) is 0. The Kier molecular flexibility index (Phi) is 5.44. The summed E-state index contributed by atoms with van der Waals surface area (Å²) in [5, 5.41) is 0. The minimum Gasteiger partial charge on any atom is -0.451 e. The summed E-state index contributed by atoms with van der Waals surface area (Å²) in [5.41, 5.74) is 1.99. The standard InChI is InChI=1S/C17H16BrNO3/c1-3-12-4-6-13(7-5-12)16(20)11(2)22-17(21)14-8-15(18)10-19-9-14/h4-11H,3H2,1-2H3/t11-/m1/s1. The highest BCUT2D eigenvalue weighted by Gasteiger charge is 2.20. The SMILES string of the molecule is CCc1ccc(C(=O)[C@@H](C)OC(=O)c2cncc(Br)c2)cc1. The summed E-state index contributed by atoms with van der Waals surface area (Å²) < 4.78 is 5.89. The van der Waals surface area contributed by atoms with Gasteiger partial charge >= 0.3 is 5.97 Å². The molecule has 1 heterocycles. The van der Waals surface area contributed by atoms with Gasteiger partial charge in [-0.05, 0) is 40.9 Å². The minimum atomic E-state index is -0.848. The van der Waals surface area contributed by atoms with Gasteiger partial charge in [0.2, 0.25) is 5.78 Å². The second kappa shape index (κ2) is 7.31. The van der Waals surface area contributed by atoms with Gasteiger partial charge in [-0.1, -0.05) is 31.2 Å². The molecule has 2 rings (SSSR count). The van der Waals surface area contributed by atoms with Crippen molar-refractivity contribution in [2.45, 2.75) is 26.4 Å². The number of pyridine rings is 1. The van der Waals surface area contributed by atoms with Crippen molar-refractivity contribution in [3.63, 3.8) is 0 Å². The van der Waals surface area contributed by atoms with Gasteiger partial charge in [-0.15, -0.1) is 0 Å². The molecule has 0 aliphatic rings. The number of rotatable bonds is 5. The number of carbonyl (C=O) groups is 2. The van der Waals surface area contributed by atoms with Crippen LogP contribution in [0.4, 0.5) is 0 Å². The zero-order valence-corrected chi connectivity index (χ0v) is 14.0. The van der Waals surface area contributed by atoms with Gasteiger partial charge in [0.25, 0.3) is 0 Å². The summed E-state index contributed by atoms with van der Waals surface area (Å²) >= 11 is 3.24. The van der Waals surface area contributed by atoms with E-state index in [0.29, 0.717) is 15.6 Å². The lowest BCUT2D eigenvalue weighted by atomic mass is 10.0. The lowest BCUT2D eigenvalue weighted by molar-refractivity contribution is 0.0318. The van der Waals surface area contributed by atoms with Crippen LogP contribution in [0.15, 0.2) is 47.2 Å². The van der Waals surface area contributed by atoms with E-state index in [0.717, 1.165) is 12.0 Å². The molecule has 0 saturated carbocycles. The molecule has 1 atom stereocenters. The number of halogens is 1. The summed E-state index contributed by atoms with van der Waals surface area (Å²) in [6, 6.07) is 8.92. The summed E-state index contributed by atoms with van der Waals surface area (Å²) in [7, 11) is 0. The average molecular weight is 362 g/mol. The topological polar surface area (TPSA) is 56.3 Å². The van der Waals surface area contributed by atoms with Crippen LogP contribution >= 0.6 is 15.9 Å². The summed E-state index contributed by atoms with van der Waals surface area (Å²) in [5.74, 6) is -0.793. The highest BCUT2D eigenvalue weighted by molar-refractivity contribution is 9.10. The Hall–Kier alpha value is -2.01. The van der Waals surface area contributed by atoms with Crippen LogP contribution in [0.2, 0.25) is 0 Å². The number of aryl methyl sites for hydroxylation is 1. The molecule has 0 saturated heterocycles. The van der Waals surface area contributed by atoms with Gasteiger partial charge in [0.1, 0.15) is 0 Å². The second-order valence-corrected chi connectivity index (χ2v) is 5.77. The summed E-state index contributed by atoms with van der Waals surface area (Å²) in [6.45, 7) is 3.62. The van der Waals surface area contributed by atoms with Crippen molar-refractivity contribution >= 4 is 27.7 Å². The number of ether oxygens (including phenoxy) is 1. The molecule has 22 heavy (non-hydrogen) atoms. The molecule has 0 bridgehead atoms. The monoisotopic (exact) mass is 361 g/mol. The molecule has 0 radical (unpaired) electrons. The molecule has 1 aromatic carbocycles. The molecular formula is C17H16BrNO3. The van der Waals surface area contributed by atoms with E-state index in [1.165, 1.54) is 6.20 Å². The van der Waals surface area contributed by atoms with Crippen molar-refractivity contribution in [1.82, 2.24) is 4.98 Å². The lowest BCUT2D eigenvalue weighted by Gasteiger charge is -2.12. The van der Waals surface area contributed by atoms with Crippen LogP contribution in [-0.4, -0.2) is 22.8 Å². The molecule has 2 aromatic rings. The maximum absolute atomic E-state index is 12.3. The number of Topliss-reactive ketones (excluding diaryl/α,β-unsaturated/α-hetero) is 1. The van der Waals surface area contributed by atoms with Gasteiger partial charge in [0.05, 0.1) is 5.56 Å².